The third kappa shape index (κ3) is 2.98. The molecular formula is C22H18N2O2. The van der Waals surface area contributed by atoms with Crippen molar-refractivity contribution in [3.8, 4) is 5.69 Å². The second kappa shape index (κ2) is 6.86. The molecule has 1 aromatic heterocycles. The fraction of sp³-hybridized carbons (Fsp3) is 0.0455. The van der Waals surface area contributed by atoms with Crippen molar-refractivity contribution >= 4 is 16.7 Å². The van der Waals surface area contributed by atoms with Gasteiger partial charge in [0.2, 0.25) is 0 Å². The van der Waals surface area contributed by atoms with Gasteiger partial charge in [-0.2, -0.15) is 0 Å². The Bertz CT molecular complexity index is 1020. The predicted molar refractivity (Wildman–Crippen MR) is 101 cm³/mol. The van der Waals surface area contributed by atoms with Gasteiger partial charge in [0.15, 0.2) is 0 Å². The van der Waals surface area contributed by atoms with E-state index in [1.165, 1.54) is 0 Å². The van der Waals surface area contributed by atoms with Gasteiger partial charge in [-0.05, 0) is 34.0 Å². The molecule has 3 aromatic carbocycles. The molecule has 0 aliphatic carbocycles. The van der Waals surface area contributed by atoms with Crippen LogP contribution < -0.4 is 5.48 Å². The predicted octanol–water partition coefficient (Wildman–Crippen LogP) is 4.27. The summed E-state index contributed by atoms with van der Waals surface area (Å²) >= 11 is 0. The molecule has 26 heavy (non-hydrogen) atoms. The minimum Gasteiger partial charge on any atom is -0.323 e. The van der Waals surface area contributed by atoms with Crippen molar-refractivity contribution < 1.29 is 10.0 Å². The number of hydroxylamine groups is 1. The molecule has 0 spiro atoms. The maximum absolute atomic E-state index is 12.3. The highest BCUT2D eigenvalue weighted by atomic mass is 16.5. The number of amides is 1. The lowest BCUT2D eigenvalue weighted by atomic mass is 9.90. The van der Waals surface area contributed by atoms with Crippen LogP contribution in [0.5, 0.6) is 0 Å². The zero-order valence-electron chi connectivity index (χ0n) is 14.0. The molecule has 4 nitrogen and oxygen atoms in total. The monoisotopic (exact) mass is 342 g/mol. The van der Waals surface area contributed by atoms with Crippen LogP contribution in [0.4, 0.5) is 0 Å². The van der Waals surface area contributed by atoms with E-state index in [0.29, 0.717) is 0 Å². The average Bonchev–Trinajstić information content (AvgIpc) is 3.13. The maximum atomic E-state index is 12.3. The lowest BCUT2D eigenvalue weighted by Gasteiger charge is -2.17. The van der Waals surface area contributed by atoms with Crippen LogP contribution in [0.2, 0.25) is 0 Å². The Morgan fingerprint density at radius 1 is 0.808 bits per heavy atom. The van der Waals surface area contributed by atoms with Crippen molar-refractivity contribution in [3.63, 3.8) is 0 Å². The standard InChI is InChI=1S/C22H18N2O2/c25-22(23-26)21(16-7-2-1-3-8-16)17-11-6-12-20(13-17)24-14-18-9-4-5-10-19(18)15-24/h1-15,21,26H,(H,23,25). The SMILES string of the molecule is O=C(NO)C(c1ccccc1)c1cccc(-n2cc3ccccc3c2)c1. The van der Waals surface area contributed by atoms with Gasteiger partial charge in [0, 0.05) is 18.1 Å². The van der Waals surface area contributed by atoms with Gasteiger partial charge < -0.3 is 4.57 Å². The van der Waals surface area contributed by atoms with Crippen LogP contribution in [0.25, 0.3) is 16.5 Å². The normalized spacial score (nSPS) is 12.0. The van der Waals surface area contributed by atoms with Crippen LogP contribution in [0.15, 0.2) is 91.3 Å². The third-order valence-corrected chi connectivity index (χ3v) is 4.56. The molecule has 4 rings (SSSR count). The van der Waals surface area contributed by atoms with Crippen molar-refractivity contribution in [3.05, 3.63) is 102 Å². The highest BCUT2D eigenvalue weighted by Crippen LogP contribution is 2.27. The van der Waals surface area contributed by atoms with E-state index in [9.17, 15) is 10.0 Å². The molecule has 4 heteroatoms. The number of carbonyl (C=O) groups excluding carboxylic acids is 1. The Morgan fingerprint density at radius 3 is 2.08 bits per heavy atom. The molecule has 0 bridgehead atoms. The zero-order valence-corrected chi connectivity index (χ0v) is 14.0. The Labute approximate surface area is 151 Å². The Balaban J connectivity index is 1.79. The summed E-state index contributed by atoms with van der Waals surface area (Å²) in [5.41, 5.74) is 4.41. The minimum atomic E-state index is -0.578. The Hall–Kier alpha value is -3.37. The first-order valence-electron chi connectivity index (χ1n) is 8.42. The molecular weight excluding hydrogens is 324 g/mol. The number of nitrogens with one attached hydrogen (secondary N) is 1. The summed E-state index contributed by atoms with van der Waals surface area (Å²) in [5.74, 6) is -1.03. The summed E-state index contributed by atoms with van der Waals surface area (Å²) < 4.78 is 2.05. The summed E-state index contributed by atoms with van der Waals surface area (Å²) in [6, 6.07) is 25.4. The third-order valence-electron chi connectivity index (χ3n) is 4.56. The second-order valence-electron chi connectivity index (χ2n) is 6.21. The molecule has 0 aliphatic heterocycles. The van der Waals surface area contributed by atoms with E-state index in [0.717, 1.165) is 27.6 Å². The van der Waals surface area contributed by atoms with Crippen molar-refractivity contribution in [2.24, 2.45) is 0 Å². The molecule has 2 N–H and O–H groups in total. The highest BCUT2D eigenvalue weighted by Gasteiger charge is 2.22. The van der Waals surface area contributed by atoms with Crippen LogP contribution in [-0.4, -0.2) is 15.7 Å². The fourth-order valence-electron chi connectivity index (χ4n) is 3.30. The summed E-state index contributed by atoms with van der Waals surface area (Å²) in [6.45, 7) is 0. The molecule has 0 saturated heterocycles. The molecule has 0 fully saturated rings. The van der Waals surface area contributed by atoms with Crippen LogP contribution >= 0.6 is 0 Å². The quantitative estimate of drug-likeness (QED) is 0.430. The van der Waals surface area contributed by atoms with E-state index in [4.69, 9.17) is 0 Å². The number of hydrogen-bond acceptors (Lipinski definition) is 2. The largest absolute Gasteiger partial charge is 0.323 e. The first-order chi connectivity index (χ1) is 12.8. The van der Waals surface area contributed by atoms with Crippen LogP contribution in [0.1, 0.15) is 17.0 Å². The van der Waals surface area contributed by atoms with Gasteiger partial charge in [0.1, 0.15) is 0 Å². The number of carbonyl (C=O) groups is 1. The molecule has 1 amide bonds. The zero-order chi connectivity index (χ0) is 17.9. The molecule has 0 saturated carbocycles. The van der Waals surface area contributed by atoms with Gasteiger partial charge in [-0.1, -0.05) is 66.7 Å². The van der Waals surface area contributed by atoms with Crippen molar-refractivity contribution in [2.75, 3.05) is 0 Å². The van der Waals surface area contributed by atoms with E-state index >= 15 is 0 Å². The highest BCUT2D eigenvalue weighted by molar-refractivity contribution is 5.86. The number of nitrogens with zero attached hydrogens (tertiary/aromatic N) is 1. The first kappa shape index (κ1) is 16.1. The first-order valence-corrected chi connectivity index (χ1v) is 8.42. The second-order valence-corrected chi connectivity index (χ2v) is 6.21. The summed E-state index contributed by atoms with van der Waals surface area (Å²) in [4.78, 5) is 12.3. The Morgan fingerprint density at radius 2 is 1.42 bits per heavy atom. The number of hydrogen-bond donors (Lipinski definition) is 2. The van der Waals surface area contributed by atoms with Gasteiger partial charge in [-0.3, -0.25) is 10.0 Å². The molecule has 0 radical (unpaired) electrons. The van der Waals surface area contributed by atoms with Gasteiger partial charge in [-0.15, -0.1) is 0 Å². The van der Waals surface area contributed by atoms with E-state index in [1.54, 1.807) is 5.48 Å². The molecule has 1 atom stereocenters. The van der Waals surface area contributed by atoms with Crippen molar-refractivity contribution in [1.82, 2.24) is 10.0 Å². The molecule has 0 aliphatic rings. The van der Waals surface area contributed by atoms with E-state index in [1.807, 2.05) is 71.3 Å². The van der Waals surface area contributed by atoms with Crippen LogP contribution in [0.3, 0.4) is 0 Å². The van der Waals surface area contributed by atoms with E-state index < -0.39 is 11.8 Å². The van der Waals surface area contributed by atoms with Crippen LogP contribution in [0, 0.1) is 0 Å². The lowest BCUT2D eigenvalue weighted by Crippen LogP contribution is -2.27. The number of benzene rings is 3. The number of rotatable bonds is 4. The van der Waals surface area contributed by atoms with Crippen LogP contribution in [-0.2, 0) is 4.79 Å². The van der Waals surface area contributed by atoms with Crippen molar-refractivity contribution in [1.29, 1.82) is 0 Å². The van der Waals surface area contributed by atoms with Gasteiger partial charge in [0.25, 0.3) is 5.91 Å². The lowest BCUT2D eigenvalue weighted by molar-refractivity contribution is -0.129. The molecule has 1 unspecified atom stereocenters. The van der Waals surface area contributed by atoms with Gasteiger partial charge in [0.05, 0.1) is 5.92 Å². The number of aromatic nitrogens is 1. The average molecular weight is 342 g/mol. The Kier molecular flexibility index (Phi) is 4.25. The summed E-state index contributed by atoms with van der Waals surface area (Å²) in [7, 11) is 0. The molecule has 4 aromatic rings. The summed E-state index contributed by atoms with van der Waals surface area (Å²) in [5, 5.41) is 11.5. The van der Waals surface area contributed by atoms with Gasteiger partial charge in [-0.25, -0.2) is 5.48 Å². The molecule has 128 valence electrons. The van der Waals surface area contributed by atoms with E-state index in [2.05, 4.69) is 24.5 Å². The topological polar surface area (TPSA) is 54.3 Å². The molecule has 1 heterocycles. The van der Waals surface area contributed by atoms with Gasteiger partial charge >= 0.3 is 0 Å². The maximum Gasteiger partial charge on any atom is 0.255 e. The minimum absolute atomic E-state index is 0.453. The van der Waals surface area contributed by atoms with Crippen molar-refractivity contribution in [2.45, 2.75) is 5.92 Å². The smallest absolute Gasteiger partial charge is 0.255 e. The fourth-order valence-corrected chi connectivity index (χ4v) is 3.30. The summed E-state index contributed by atoms with van der Waals surface area (Å²) in [6.07, 6.45) is 4.14. The number of fused-ring (bicyclic) bond motifs is 1. The van der Waals surface area contributed by atoms with E-state index in [-0.39, 0.29) is 0 Å².